The van der Waals surface area contributed by atoms with Gasteiger partial charge in [-0.05, 0) is 42.5 Å². The van der Waals surface area contributed by atoms with Crippen molar-refractivity contribution in [3.63, 3.8) is 0 Å². The molecule has 0 saturated heterocycles. The van der Waals surface area contributed by atoms with E-state index in [9.17, 15) is 4.39 Å². The van der Waals surface area contributed by atoms with Gasteiger partial charge in [-0.1, -0.05) is 0 Å². The van der Waals surface area contributed by atoms with Crippen molar-refractivity contribution in [1.29, 1.82) is 0 Å². The normalized spacial score (nSPS) is 12.7. The summed E-state index contributed by atoms with van der Waals surface area (Å²) in [7, 11) is 0. The number of nitrogens with zero attached hydrogens (tertiary/aromatic N) is 3. The zero-order chi connectivity index (χ0) is 16.8. The standard InChI is InChI=1S/C18H11FN4O2/c19-12-4-1-10(2-5-12)13-8-20-18-17(21-13)16(22-23-18)11-3-6-14-15(7-11)25-9-24-14/h1-8H,9H2,(H,20,22,23). The SMILES string of the molecule is Fc1ccc(-c2cnc3n[nH]c(-c4ccc5c(c4)OCO5)c3n2)cc1. The fraction of sp³-hybridized carbons (Fsp3) is 0.0556. The molecule has 0 spiro atoms. The average molecular weight is 334 g/mol. The average Bonchev–Trinajstić information content (AvgIpc) is 3.27. The molecule has 0 unspecified atom stereocenters. The van der Waals surface area contributed by atoms with Gasteiger partial charge in [0.05, 0.1) is 17.6 Å². The van der Waals surface area contributed by atoms with Crippen molar-refractivity contribution in [1.82, 2.24) is 20.2 Å². The summed E-state index contributed by atoms with van der Waals surface area (Å²) in [6.07, 6.45) is 1.62. The van der Waals surface area contributed by atoms with Crippen LogP contribution in [0.25, 0.3) is 33.7 Å². The first-order valence-electron chi connectivity index (χ1n) is 7.65. The monoisotopic (exact) mass is 334 g/mol. The highest BCUT2D eigenvalue weighted by molar-refractivity contribution is 5.89. The molecule has 0 bridgehead atoms. The summed E-state index contributed by atoms with van der Waals surface area (Å²) >= 11 is 0. The first-order valence-corrected chi connectivity index (χ1v) is 7.65. The number of rotatable bonds is 2. The van der Waals surface area contributed by atoms with Crippen molar-refractivity contribution in [2.75, 3.05) is 6.79 Å². The Morgan fingerprint density at radius 3 is 2.64 bits per heavy atom. The van der Waals surface area contributed by atoms with Gasteiger partial charge in [0.15, 0.2) is 17.1 Å². The number of fused-ring (bicyclic) bond motifs is 2. The van der Waals surface area contributed by atoms with Crippen LogP contribution >= 0.6 is 0 Å². The number of nitrogens with one attached hydrogen (secondary N) is 1. The second-order valence-corrected chi connectivity index (χ2v) is 5.60. The summed E-state index contributed by atoms with van der Waals surface area (Å²) in [4.78, 5) is 9.00. The number of H-pyrrole nitrogens is 1. The number of hydrogen-bond donors (Lipinski definition) is 1. The van der Waals surface area contributed by atoms with Gasteiger partial charge in [-0.2, -0.15) is 5.10 Å². The van der Waals surface area contributed by atoms with Crippen molar-refractivity contribution < 1.29 is 13.9 Å². The van der Waals surface area contributed by atoms with Crippen LogP contribution in [0.5, 0.6) is 11.5 Å². The summed E-state index contributed by atoms with van der Waals surface area (Å²) in [5.74, 6) is 1.11. The molecule has 0 aliphatic carbocycles. The summed E-state index contributed by atoms with van der Waals surface area (Å²) in [6, 6.07) is 11.8. The van der Waals surface area contributed by atoms with Gasteiger partial charge in [-0.3, -0.25) is 5.10 Å². The molecule has 0 amide bonds. The largest absolute Gasteiger partial charge is 0.454 e. The van der Waals surface area contributed by atoms with E-state index in [4.69, 9.17) is 9.47 Å². The van der Waals surface area contributed by atoms with E-state index in [1.165, 1.54) is 12.1 Å². The van der Waals surface area contributed by atoms with E-state index >= 15 is 0 Å². The van der Waals surface area contributed by atoms with E-state index in [-0.39, 0.29) is 12.6 Å². The zero-order valence-corrected chi connectivity index (χ0v) is 12.9. The molecule has 5 rings (SSSR count). The number of halogens is 1. The van der Waals surface area contributed by atoms with E-state index in [2.05, 4.69) is 20.2 Å². The molecule has 4 aromatic rings. The molecule has 1 N–H and O–H groups in total. The topological polar surface area (TPSA) is 72.9 Å². The highest BCUT2D eigenvalue weighted by Gasteiger charge is 2.17. The van der Waals surface area contributed by atoms with Gasteiger partial charge < -0.3 is 9.47 Å². The maximum Gasteiger partial charge on any atom is 0.231 e. The third-order valence-corrected chi connectivity index (χ3v) is 4.06. The molecule has 0 atom stereocenters. The second-order valence-electron chi connectivity index (χ2n) is 5.60. The second kappa shape index (κ2) is 5.27. The van der Waals surface area contributed by atoms with Crippen LogP contribution in [0, 0.1) is 5.82 Å². The highest BCUT2D eigenvalue weighted by Crippen LogP contribution is 2.36. The van der Waals surface area contributed by atoms with Crippen molar-refractivity contribution in [3.05, 3.63) is 54.5 Å². The lowest BCUT2D eigenvalue weighted by molar-refractivity contribution is 0.174. The number of ether oxygens (including phenoxy) is 2. The van der Waals surface area contributed by atoms with E-state index in [1.807, 2.05) is 18.2 Å². The van der Waals surface area contributed by atoms with Crippen LogP contribution in [0.15, 0.2) is 48.7 Å². The van der Waals surface area contributed by atoms with Crippen LogP contribution in [-0.2, 0) is 0 Å². The van der Waals surface area contributed by atoms with Crippen LogP contribution in [0.1, 0.15) is 0 Å². The van der Waals surface area contributed by atoms with Crippen LogP contribution < -0.4 is 9.47 Å². The molecule has 0 saturated carbocycles. The van der Waals surface area contributed by atoms with Gasteiger partial charge >= 0.3 is 0 Å². The van der Waals surface area contributed by atoms with Gasteiger partial charge in [0.25, 0.3) is 0 Å². The Bertz CT molecular complexity index is 1090. The molecular weight excluding hydrogens is 323 g/mol. The molecule has 122 valence electrons. The summed E-state index contributed by atoms with van der Waals surface area (Å²) in [5.41, 5.74) is 4.20. The fourth-order valence-electron chi connectivity index (χ4n) is 2.81. The third kappa shape index (κ3) is 2.28. The molecule has 0 radical (unpaired) electrons. The molecule has 3 heterocycles. The molecule has 7 heteroatoms. The van der Waals surface area contributed by atoms with Crippen molar-refractivity contribution >= 4 is 11.2 Å². The molecule has 2 aromatic heterocycles. The summed E-state index contributed by atoms with van der Waals surface area (Å²) in [5, 5.41) is 7.18. The summed E-state index contributed by atoms with van der Waals surface area (Å²) < 4.78 is 23.9. The Balaban J connectivity index is 1.64. The fourth-order valence-corrected chi connectivity index (χ4v) is 2.81. The van der Waals surface area contributed by atoms with Gasteiger partial charge in [-0.25, -0.2) is 14.4 Å². The molecular formula is C18H11FN4O2. The van der Waals surface area contributed by atoms with Gasteiger partial charge in [0.1, 0.15) is 11.3 Å². The van der Waals surface area contributed by atoms with E-state index < -0.39 is 0 Å². The van der Waals surface area contributed by atoms with E-state index in [0.29, 0.717) is 28.4 Å². The zero-order valence-electron chi connectivity index (χ0n) is 12.9. The van der Waals surface area contributed by atoms with Crippen LogP contribution in [-0.4, -0.2) is 27.0 Å². The molecule has 0 fully saturated rings. The predicted molar refractivity (Wildman–Crippen MR) is 88.6 cm³/mol. The van der Waals surface area contributed by atoms with Crippen molar-refractivity contribution in [2.45, 2.75) is 0 Å². The molecule has 1 aliphatic heterocycles. The molecule has 25 heavy (non-hydrogen) atoms. The number of aromatic amines is 1. The lowest BCUT2D eigenvalue weighted by Crippen LogP contribution is -1.92. The first kappa shape index (κ1) is 13.9. The van der Waals surface area contributed by atoms with Gasteiger partial charge in [0.2, 0.25) is 6.79 Å². The van der Waals surface area contributed by atoms with E-state index in [0.717, 1.165) is 16.8 Å². The van der Waals surface area contributed by atoms with Crippen molar-refractivity contribution in [3.8, 4) is 34.0 Å². The first-order chi connectivity index (χ1) is 12.3. The lowest BCUT2D eigenvalue weighted by atomic mass is 10.1. The van der Waals surface area contributed by atoms with Gasteiger partial charge in [0, 0.05) is 11.1 Å². The van der Waals surface area contributed by atoms with Crippen molar-refractivity contribution in [2.24, 2.45) is 0 Å². The smallest absolute Gasteiger partial charge is 0.231 e. The Labute approximate surface area is 141 Å². The van der Waals surface area contributed by atoms with Crippen LogP contribution in [0.2, 0.25) is 0 Å². The minimum atomic E-state index is -0.290. The number of hydrogen-bond acceptors (Lipinski definition) is 5. The predicted octanol–water partition coefficient (Wildman–Crippen LogP) is 3.55. The highest BCUT2D eigenvalue weighted by atomic mass is 19.1. The number of aromatic nitrogens is 4. The number of benzene rings is 2. The Morgan fingerprint density at radius 1 is 0.960 bits per heavy atom. The minimum Gasteiger partial charge on any atom is -0.454 e. The minimum absolute atomic E-state index is 0.219. The maximum absolute atomic E-state index is 13.1. The quantitative estimate of drug-likeness (QED) is 0.607. The third-order valence-electron chi connectivity index (χ3n) is 4.06. The molecule has 2 aromatic carbocycles. The Morgan fingerprint density at radius 2 is 1.76 bits per heavy atom. The lowest BCUT2D eigenvalue weighted by Gasteiger charge is -2.03. The Hall–Kier alpha value is -3.48. The summed E-state index contributed by atoms with van der Waals surface area (Å²) in [6.45, 7) is 0.219. The Kier molecular flexibility index (Phi) is 2.93. The molecule has 6 nitrogen and oxygen atoms in total. The van der Waals surface area contributed by atoms with Crippen LogP contribution in [0.4, 0.5) is 4.39 Å². The maximum atomic E-state index is 13.1. The molecule has 1 aliphatic rings. The van der Waals surface area contributed by atoms with E-state index in [1.54, 1.807) is 18.3 Å². The van der Waals surface area contributed by atoms with Crippen LogP contribution in [0.3, 0.4) is 0 Å². The van der Waals surface area contributed by atoms with Gasteiger partial charge in [-0.15, -0.1) is 0 Å².